The minimum absolute atomic E-state index is 0.218. The summed E-state index contributed by atoms with van der Waals surface area (Å²) in [5.41, 5.74) is 0.801. The van der Waals surface area contributed by atoms with Crippen LogP contribution in [0.3, 0.4) is 0 Å². The van der Waals surface area contributed by atoms with Crippen molar-refractivity contribution in [3.63, 3.8) is 0 Å². The van der Waals surface area contributed by atoms with E-state index in [9.17, 15) is 8.42 Å². The Kier molecular flexibility index (Phi) is 3.07. The average Bonchev–Trinajstić information content (AvgIpc) is 2.75. The van der Waals surface area contributed by atoms with Crippen LogP contribution in [0.25, 0.3) is 0 Å². The third-order valence-corrected chi connectivity index (χ3v) is 6.01. The van der Waals surface area contributed by atoms with E-state index < -0.39 is 10.0 Å². The zero-order valence-corrected chi connectivity index (χ0v) is 12.8. The van der Waals surface area contributed by atoms with Crippen LogP contribution in [0.4, 0.5) is 5.82 Å². The molecule has 1 aromatic heterocycles. The summed E-state index contributed by atoms with van der Waals surface area (Å²) in [5.74, 6) is 0.904. The molecule has 0 amide bonds. The minimum atomic E-state index is -3.52. The highest BCUT2D eigenvalue weighted by Gasteiger charge is 2.35. The van der Waals surface area contributed by atoms with E-state index in [1.165, 1.54) is 10.7 Å². The molecule has 2 aliphatic rings. The van der Waals surface area contributed by atoms with Gasteiger partial charge in [0.15, 0.2) is 0 Å². The number of fused-ring (bicyclic) bond motifs is 1. The maximum absolute atomic E-state index is 12.6. The normalized spacial score (nSPS) is 19.5. The molecule has 0 radical (unpaired) electrons. The van der Waals surface area contributed by atoms with E-state index in [0.29, 0.717) is 23.1 Å². The van der Waals surface area contributed by atoms with E-state index in [2.05, 4.69) is 4.98 Å². The lowest BCUT2D eigenvalue weighted by atomic mass is 9.96. The molecule has 1 aromatic carbocycles. The van der Waals surface area contributed by atoms with Gasteiger partial charge in [-0.15, -0.1) is 0 Å². The zero-order chi connectivity index (χ0) is 15.2. The molecule has 6 heteroatoms. The summed E-state index contributed by atoms with van der Waals surface area (Å²) in [6, 6.07) is 12.3. The van der Waals surface area contributed by atoms with Gasteiger partial charge in [-0.2, -0.15) is 4.98 Å². The van der Waals surface area contributed by atoms with E-state index in [-0.39, 0.29) is 6.10 Å². The molecule has 1 fully saturated rings. The molecule has 1 aliphatic carbocycles. The monoisotopic (exact) mass is 316 g/mol. The highest BCUT2D eigenvalue weighted by Crippen LogP contribution is 2.34. The second kappa shape index (κ2) is 4.98. The molecule has 0 atom stereocenters. The first-order valence-corrected chi connectivity index (χ1v) is 8.83. The van der Waals surface area contributed by atoms with Gasteiger partial charge in [0.05, 0.1) is 11.4 Å². The Morgan fingerprint density at radius 3 is 2.64 bits per heavy atom. The third kappa shape index (κ3) is 2.14. The molecule has 4 rings (SSSR count). The predicted octanol–water partition coefficient (Wildman–Crippen LogP) is 2.72. The average molecular weight is 316 g/mol. The Bertz CT molecular complexity index is 816. The van der Waals surface area contributed by atoms with Crippen LogP contribution in [-0.2, 0) is 16.6 Å². The molecule has 0 bridgehead atoms. The summed E-state index contributed by atoms with van der Waals surface area (Å²) in [5, 5.41) is 0. The standard InChI is InChI=1S/C16H16N2O3S/c19-22(20)14-8-2-1-5-12(14)11-18(22)15-9-4-10-16(17-15)21-13-6-3-7-13/h1-2,4-5,8-10,13H,3,6-7,11H2. The molecule has 114 valence electrons. The topological polar surface area (TPSA) is 59.5 Å². The summed E-state index contributed by atoms with van der Waals surface area (Å²) in [6.07, 6.45) is 3.48. The first kappa shape index (κ1) is 13.6. The molecular formula is C16H16N2O3S. The quantitative estimate of drug-likeness (QED) is 0.873. The Morgan fingerprint density at radius 2 is 1.91 bits per heavy atom. The third-order valence-electron chi connectivity index (χ3n) is 4.16. The number of benzene rings is 1. The van der Waals surface area contributed by atoms with Gasteiger partial charge in [0.2, 0.25) is 5.88 Å². The van der Waals surface area contributed by atoms with E-state index in [0.717, 1.165) is 18.4 Å². The molecule has 22 heavy (non-hydrogen) atoms. The molecule has 2 aromatic rings. The highest BCUT2D eigenvalue weighted by molar-refractivity contribution is 7.93. The van der Waals surface area contributed by atoms with E-state index in [1.54, 1.807) is 30.3 Å². The van der Waals surface area contributed by atoms with Gasteiger partial charge < -0.3 is 4.74 Å². The maximum atomic E-state index is 12.6. The maximum Gasteiger partial charge on any atom is 0.266 e. The van der Waals surface area contributed by atoms with E-state index in [4.69, 9.17) is 4.74 Å². The number of sulfonamides is 1. The first-order chi connectivity index (χ1) is 10.6. The number of pyridine rings is 1. The fourth-order valence-corrected chi connectivity index (χ4v) is 4.33. The first-order valence-electron chi connectivity index (χ1n) is 7.39. The van der Waals surface area contributed by atoms with Crippen molar-refractivity contribution in [1.82, 2.24) is 4.98 Å². The zero-order valence-electron chi connectivity index (χ0n) is 12.0. The molecule has 0 N–H and O–H groups in total. The van der Waals surface area contributed by atoms with Crippen molar-refractivity contribution in [1.29, 1.82) is 0 Å². The molecule has 2 heterocycles. The van der Waals surface area contributed by atoms with Crippen molar-refractivity contribution in [2.75, 3.05) is 4.31 Å². The van der Waals surface area contributed by atoms with Crippen LogP contribution in [0.5, 0.6) is 5.88 Å². The van der Waals surface area contributed by atoms with Crippen LogP contribution in [0.2, 0.25) is 0 Å². The number of hydrogen-bond donors (Lipinski definition) is 0. The second-order valence-corrected chi connectivity index (χ2v) is 7.45. The lowest BCUT2D eigenvalue weighted by molar-refractivity contribution is 0.115. The van der Waals surface area contributed by atoms with Crippen molar-refractivity contribution in [3.8, 4) is 5.88 Å². The number of aromatic nitrogens is 1. The van der Waals surface area contributed by atoms with Gasteiger partial charge in [0, 0.05) is 6.07 Å². The van der Waals surface area contributed by atoms with E-state index in [1.807, 2.05) is 12.1 Å². The fourth-order valence-electron chi connectivity index (χ4n) is 2.72. The Balaban J connectivity index is 1.67. The summed E-state index contributed by atoms with van der Waals surface area (Å²) < 4.78 is 32.4. The van der Waals surface area contributed by atoms with Crippen molar-refractivity contribution in [2.24, 2.45) is 0 Å². The van der Waals surface area contributed by atoms with Crippen molar-refractivity contribution in [3.05, 3.63) is 48.0 Å². The minimum Gasteiger partial charge on any atom is -0.474 e. The van der Waals surface area contributed by atoms with Crippen LogP contribution in [0.15, 0.2) is 47.4 Å². The largest absolute Gasteiger partial charge is 0.474 e. The SMILES string of the molecule is O=S1(=O)c2ccccc2CN1c1cccc(OC2CCC2)n1. The molecular weight excluding hydrogens is 300 g/mol. The number of nitrogens with zero attached hydrogens (tertiary/aromatic N) is 2. The van der Waals surface area contributed by atoms with Crippen LogP contribution in [0, 0.1) is 0 Å². The van der Waals surface area contributed by atoms with Gasteiger partial charge in [-0.1, -0.05) is 24.3 Å². The van der Waals surface area contributed by atoms with Crippen molar-refractivity contribution >= 4 is 15.8 Å². The van der Waals surface area contributed by atoms with E-state index >= 15 is 0 Å². The van der Waals surface area contributed by atoms with Gasteiger partial charge in [0.1, 0.15) is 11.9 Å². The Labute approximate surface area is 129 Å². The summed E-state index contributed by atoms with van der Waals surface area (Å²) >= 11 is 0. The number of anilines is 1. The molecule has 5 nitrogen and oxygen atoms in total. The van der Waals surface area contributed by atoms with Crippen molar-refractivity contribution in [2.45, 2.75) is 36.8 Å². The summed E-state index contributed by atoms with van der Waals surface area (Å²) in [7, 11) is -3.52. The van der Waals surface area contributed by atoms with Gasteiger partial charge in [0.25, 0.3) is 10.0 Å². The molecule has 0 spiro atoms. The number of hydrogen-bond acceptors (Lipinski definition) is 4. The van der Waals surface area contributed by atoms with Crippen LogP contribution < -0.4 is 9.04 Å². The van der Waals surface area contributed by atoms with Crippen LogP contribution in [0.1, 0.15) is 24.8 Å². The molecule has 0 saturated heterocycles. The van der Waals surface area contributed by atoms with Gasteiger partial charge in [-0.05, 0) is 37.0 Å². The van der Waals surface area contributed by atoms with Gasteiger partial charge >= 0.3 is 0 Å². The number of ether oxygens (including phenoxy) is 1. The Hall–Kier alpha value is -2.08. The predicted molar refractivity (Wildman–Crippen MR) is 82.3 cm³/mol. The van der Waals surface area contributed by atoms with Gasteiger partial charge in [-0.3, -0.25) is 0 Å². The summed E-state index contributed by atoms with van der Waals surface area (Å²) in [6.45, 7) is 0.318. The van der Waals surface area contributed by atoms with Crippen molar-refractivity contribution < 1.29 is 13.2 Å². The lowest BCUT2D eigenvalue weighted by Crippen LogP contribution is -2.27. The second-order valence-electron chi connectivity index (χ2n) is 5.62. The van der Waals surface area contributed by atoms with Crippen LogP contribution >= 0.6 is 0 Å². The molecule has 0 unspecified atom stereocenters. The lowest BCUT2D eigenvalue weighted by Gasteiger charge is -2.26. The van der Waals surface area contributed by atoms with Crippen LogP contribution in [-0.4, -0.2) is 19.5 Å². The van der Waals surface area contributed by atoms with Gasteiger partial charge in [-0.25, -0.2) is 12.7 Å². The fraction of sp³-hybridized carbons (Fsp3) is 0.312. The molecule has 1 saturated carbocycles. The highest BCUT2D eigenvalue weighted by atomic mass is 32.2. The summed E-state index contributed by atoms with van der Waals surface area (Å²) in [4.78, 5) is 4.74. The molecule has 1 aliphatic heterocycles. The smallest absolute Gasteiger partial charge is 0.266 e. The number of rotatable bonds is 3. The Morgan fingerprint density at radius 1 is 1.09 bits per heavy atom.